The highest BCUT2D eigenvalue weighted by atomic mass is 79.9. The summed E-state index contributed by atoms with van der Waals surface area (Å²) in [5, 5.41) is 0.0161. The van der Waals surface area contributed by atoms with E-state index in [1.54, 1.807) is 0 Å². The highest BCUT2D eigenvalue weighted by Gasteiger charge is 2.37. The van der Waals surface area contributed by atoms with Crippen molar-refractivity contribution in [2.24, 2.45) is 0 Å². The van der Waals surface area contributed by atoms with Crippen molar-refractivity contribution in [1.82, 2.24) is 0 Å². The van der Waals surface area contributed by atoms with Gasteiger partial charge in [0.15, 0.2) is 0 Å². The zero-order valence-corrected chi connectivity index (χ0v) is 8.41. The Labute approximate surface area is 86.0 Å². The second-order valence-electron chi connectivity index (χ2n) is 2.63. The minimum absolute atomic E-state index is 0.0161. The fourth-order valence-electron chi connectivity index (χ4n) is 1.03. The van der Waals surface area contributed by atoms with Crippen LogP contribution in [-0.4, -0.2) is 0 Å². The molecule has 0 bridgehead atoms. The topological polar surface area (TPSA) is 26.0 Å². The summed E-state index contributed by atoms with van der Waals surface area (Å²) in [6.45, 7) is 0. The van der Waals surface area contributed by atoms with Crippen LogP contribution in [0.4, 0.5) is 23.2 Å². The Kier molecular flexibility index (Phi) is 3.04. The normalized spacial score (nSPS) is 11.8. The number of rotatable bonds is 1. The molecule has 0 aliphatic rings. The SMILES string of the molecule is Nc1ccc(CBr)c(F)c1C(F)(F)F. The number of anilines is 1. The molecule has 14 heavy (non-hydrogen) atoms. The van der Waals surface area contributed by atoms with Crippen LogP contribution in [0.25, 0.3) is 0 Å². The van der Waals surface area contributed by atoms with Crippen LogP contribution in [-0.2, 0) is 11.5 Å². The first kappa shape index (κ1) is 11.3. The summed E-state index contributed by atoms with van der Waals surface area (Å²) in [7, 11) is 0. The van der Waals surface area contributed by atoms with Crippen LogP contribution >= 0.6 is 15.9 Å². The third-order valence-corrected chi connectivity index (χ3v) is 2.29. The van der Waals surface area contributed by atoms with Crippen molar-refractivity contribution in [3.05, 3.63) is 29.1 Å². The Balaban J connectivity index is 3.40. The Hall–Kier alpha value is -0.780. The lowest BCUT2D eigenvalue weighted by Gasteiger charge is -2.12. The Morgan fingerprint density at radius 2 is 1.86 bits per heavy atom. The van der Waals surface area contributed by atoms with E-state index in [9.17, 15) is 17.6 Å². The van der Waals surface area contributed by atoms with Crippen molar-refractivity contribution in [3.8, 4) is 0 Å². The Morgan fingerprint density at radius 3 is 2.29 bits per heavy atom. The van der Waals surface area contributed by atoms with E-state index in [0.29, 0.717) is 0 Å². The molecule has 0 saturated carbocycles. The smallest absolute Gasteiger partial charge is 0.398 e. The maximum atomic E-state index is 13.2. The minimum atomic E-state index is -4.76. The molecule has 0 spiro atoms. The van der Waals surface area contributed by atoms with Gasteiger partial charge >= 0.3 is 6.18 Å². The number of nitrogens with two attached hydrogens (primary N) is 1. The van der Waals surface area contributed by atoms with E-state index in [4.69, 9.17) is 5.73 Å². The van der Waals surface area contributed by atoms with Crippen molar-refractivity contribution in [2.45, 2.75) is 11.5 Å². The Morgan fingerprint density at radius 1 is 1.29 bits per heavy atom. The van der Waals surface area contributed by atoms with Gasteiger partial charge in [-0.15, -0.1) is 0 Å². The molecule has 0 aliphatic carbocycles. The minimum Gasteiger partial charge on any atom is -0.398 e. The summed E-state index contributed by atoms with van der Waals surface area (Å²) in [5.41, 5.74) is 3.00. The molecule has 1 nitrogen and oxygen atoms in total. The molecule has 1 aromatic carbocycles. The lowest BCUT2D eigenvalue weighted by molar-refractivity contribution is -0.139. The molecule has 0 aromatic heterocycles. The number of hydrogen-bond acceptors (Lipinski definition) is 1. The summed E-state index contributed by atoms with van der Waals surface area (Å²) in [5.74, 6) is -1.31. The van der Waals surface area contributed by atoms with E-state index >= 15 is 0 Å². The summed E-state index contributed by atoms with van der Waals surface area (Å²) >= 11 is 2.89. The fourth-order valence-corrected chi connectivity index (χ4v) is 1.46. The largest absolute Gasteiger partial charge is 0.421 e. The molecule has 2 N–H and O–H groups in total. The van der Waals surface area contributed by atoms with E-state index in [2.05, 4.69) is 15.9 Å². The highest BCUT2D eigenvalue weighted by molar-refractivity contribution is 9.08. The quantitative estimate of drug-likeness (QED) is 0.473. The molecule has 0 saturated heterocycles. The monoisotopic (exact) mass is 271 g/mol. The second-order valence-corrected chi connectivity index (χ2v) is 3.20. The lowest BCUT2D eigenvalue weighted by Crippen LogP contribution is -2.13. The van der Waals surface area contributed by atoms with Crippen LogP contribution in [0.15, 0.2) is 12.1 Å². The third-order valence-electron chi connectivity index (χ3n) is 1.68. The molecule has 0 heterocycles. The number of hydrogen-bond donors (Lipinski definition) is 1. The van der Waals surface area contributed by atoms with Crippen molar-refractivity contribution in [2.75, 3.05) is 5.73 Å². The molecule has 1 rings (SSSR count). The van der Waals surface area contributed by atoms with Crippen LogP contribution in [0.5, 0.6) is 0 Å². The molecule has 6 heteroatoms. The van der Waals surface area contributed by atoms with Gasteiger partial charge < -0.3 is 5.73 Å². The number of alkyl halides is 4. The molecule has 1 aromatic rings. The first-order chi connectivity index (χ1) is 6.38. The van der Waals surface area contributed by atoms with Gasteiger partial charge in [0.1, 0.15) is 11.4 Å². The van der Waals surface area contributed by atoms with E-state index in [0.717, 1.165) is 6.07 Å². The fraction of sp³-hybridized carbons (Fsp3) is 0.250. The van der Waals surface area contributed by atoms with Crippen molar-refractivity contribution in [3.63, 3.8) is 0 Å². The second kappa shape index (κ2) is 3.76. The first-order valence-corrected chi connectivity index (χ1v) is 4.70. The summed E-state index contributed by atoms with van der Waals surface area (Å²) < 4.78 is 50.1. The maximum absolute atomic E-state index is 13.2. The number of nitrogen functional groups attached to an aromatic ring is 1. The van der Waals surface area contributed by atoms with E-state index in [1.165, 1.54) is 6.07 Å². The van der Waals surface area contributed by atoms with Crippen molar-refractivity contribution in [1.29, 1.82) is 0 Å². The average Bonchev–Trinajstić information content (AvgIpc) is 2.02. The van der Waals surface area contributed by atoms with Gasteiger partial charge in [-0.25, -0.2) is 4.39 Å². The maximum Gasteiger partial charge on any atom is 0.421 e. The predicted octanol–water partition coefficient (Wildman–Crippen LogP) is 3.32. The van der Waals surface area contributed by atoms with Crippen LogP contribution in [0, 0.1) is 5.82 Å². The lowest BCUT2D eigenvalue weighted by atomic mass is 10.1. The van der Waals surface area contributed by atoms with Gasteiger partial charge in [-0.1, -0.05) is 22.0 Å². The first-order valence-electron chi connectivity index (χ1n) is 3.58. The van der Waals surface area contributed by atoms with E-state index in [-0.39, 0.29) is 10.9 Å². The number of halogens is 5. The third kappa shape index (κ3) is 2.00. The van der Waals surface area contributed by atoms with E-state index in [1.807, 2.05) is 0 Å². The van der Waals surface area contributed by atoms with E-state index < -0.39 is 23.2 Å². The van der Waals surface area contributed by atoms with Gasteiger partial charge in [-0.2, -0.15) is 13.2 Å². The molecule has 0 fully saturated rings. The molecule has 0 radical (unpaired) electrons. The summed E-state index contributed by atoms with van der Waals surface area (Å²) in [6.07, 6.45) is -4.76. The molecular weight excluding hydrogens is 266 g/mol. The molecule has 0 unspecified atom stereocenters. The highest BCUT2D eigenvalue weighted by Crippen LogP contribution is 2.36. The summed E-state index contributed by atoms with van der Waals surface area (Å²) in [4.78, 5) is 0. The van der Waals surface area contributed by atoms with Crippen LogP contribution in [0.1, 0.15) is 11.1 Å². The predicted molar refractivity (Wildman–Crippen MR) is 48.4 cm³/mol. The van der Waals surface area contributed by atoms with Gasteiger partial charge in [0.25, 0.3) is 0 Å². The molecule has 0 atom stereocenters. The van der Waals surface area contributed by atoms with Gasteiger partial charge in [0, 0.05) is 11.0 Å². The molecule has 0 amide bonds. The molecular formula is C8H6BrF4N. The molecule has 0 aliphatic heterocycles. The van der Waals surface area contributed by atoms with Crippen LogP contribution < -0.4 is 5.73 Å². The van der Waals surface area contributed by atoms with Gasteiger partial charge in [-0.3, -0.25) is 0 Å². The molecule has 78 valence electrons. The standard InChI is InChI=1S/C8H6BrF4N/c9-3-4-1-2-5(14)6(7(4)10)8(11,12)13/h1-2H,3,14H2. The number of benzene rings is 1. The van der Waals surface area contributed by atoms with Crippen molar-refractivity contribution < 1.29 is 17.6 Å². The van der Waals surface area contributed by atoms with Crippen LogP contribution in [0.2, 0.25) is 0 Å². The van der Waals surface area contributed by atoms with Gasteiger partial charge in [0.2, 0.25) is 0 Å². The summed E-state index contributed by atoms with van der Waals surface area (Å²) in [6, 6.07) is 2.26. The van der Waals surface area contributed by atoms with Crippen molar-refractivity contribution >= 4 is 21.6 Å². The van der Waals surface area contributed by atoms with Gasteiger partial charge in [0.05, 0.1) is 0 Å². The zero-order chi connectivity index (χ0) is 10.9. The van der Waals surface area contributed by atoms with Gasteiger partial charge in [-0.05, 0) is 11.6 Å². The van der Waals surface area contributed by atoms with Crippen LogP contribution in [0.3, 0.4) is 0 Å². The average molecular weight is 272 g/mol. The Bertz CT molecular complexity index is 348. The zero-order valence-electron chi connectivity index (χ0n) is 6.83.